The van der Waals surface area contributed by atoms with E-state index in [1.165, 1.54) is 6.26 Å². The van der Waals surface area contributed by atoms with Gasteiger partial charge in [0.05, 0.1) is 13.7 Å². The van der Waals surface area contributed by atoms with E-state index < -0.39 is 0 Å². The topological polar surface area (TPSA) is 61.6 Å². The average molecular weight is 261 g/mol. The number of hydrogen-bond donors (Lipinski definition) is 0. The van der Waals surface area contributed by atoms with E-state index in [4.69, 9.17) is 13.9 Å². The van der Waals surface area contributed by atoms with Crippen LogP contribution in [0.25, 0.3) is 11.3 Å². The SMILES string of the molecule is CCOC(=O)Cc1nc(-c2ccccc2OC)co1. The summed E-state index contributed by atoms with van der Waals surface area (Å²) in [5.74, 6) is 0.689. The molecule has 0 fully saturated rings. The van der Waals surface area contributed by atoms with E-state index in [1.54, 1.807) is 14.0 Å². The zero-order chi connectivity index (χ0) is 13.7. The fraction of sp³-hybridized carbons (Fsp3) is 0.286. The van der Waals surface area contributed by atoms with E-state index in [9.17, 15) is 4.79 Å². The van der Waals surface area contributed by atoms with Crippen LogP contribution in [0.1, 0.15) is 12.8 Å². The predicted molar refractivity (Wildman–Crippen MR) is 68.8 cm³/mol. The molecule has 0 bridgehead atoms. The molecule has 1 aromatic carbocycles. The highest BCUT2D eigenvalue weighted by atomic mass is 16.5. The van der Waals surface area contributed by atoms with Crippen molar-refractivity contribution in [1.82, 2.24) is 4.98 Å². The number of carbonyl (C=O) groups excluding carboxylic acids is 1. The van der Waals surface area contributed by atoms with Crippen molar-refractivity contribution in [3.63, 3.8) is 0 Å². The first-order chi connectivity index (χ1) is 9.24. The third-order valence-electron chi connectivity index (χ3n) is 2.54. The molecule has 19 heavy (non-hydrogen) atoms. The number of ether oxygens (including phenoxy) is 2. The van der Waals surface area contributed by atoms with Crippen molar-refractivity contribution in [1.29, 1.82) is 0 Å². The van der Waals surface area contributed by atoms with Crippen LogP contribution < -0.4 is 4.74 Å². The Morgan fingerprint density at radius 3 is 2.89 bits per heavy atom. The standard InChI is InChI=1S/C14H15NO4/c1-3-18-14(16)8-13-15-11(9-19-13)10-6-4-5-7-12(10)17-2/h4-7,9H,3,8H2,1-2H3. The number of benzene rings is 1. The van der Waals surface area contributed by atoms with Crippen molar-refractivity contribution in [2.24, 2.45) is 0 Å². The second-order valence-corrected chi connectivity index (χ2v) is 3.81. The maximum atomic E-state index is 11.3. The average Bonchev–Trinajstić information content (AvgIpc) is 2.87. The van der Waals surface area contributed by atoms with E-state index in [-0.39, 0.29) is 12.4 Å². The first-order valence-corrected chi connectivity index (χ1v) is 5.98. The molecule has 2 rings (SSSR count). The first-order valence-electron chi connectivity index (χ1n) is 5.98. The summed E-state index contributed by atoms with van der Waals surface area (Å²) in [5.41, 5.74) is 1.46. The van der Waals surface area contributed by atoms with Gasteiger partial charge in [-0.2, -0.15) is 0 Å². The molecule has 0 aliphatic rings. The molecule has 100 valence electrons. The maximum absolute atomic E-state index is 11.3. The molecule has 0 aliphatic carbocycles. The fourth-order valence-electron chi connectivity index (χ4n) is 1.71. The summed E-state index contributed by atoms with van der Waals surface area (Å²) in [7, 11) is 1.60. The number of rotatable bonds is 5. The highest BCUT2D eigenvalue weighted by molar-refractivity contribution is 5.72. The van der Waals surface area contributed by atoms with Gasteiger partial charge in [0.25, 0.3) is 0 Å². The molecule has 0 radical (unpaired) electrons. The highest BCUT2D eigenvalue weighted by Gasteiger charge is 2.13. The molecule has 0 unspecified atom stereocenters. The van der Waals surface area contributed by atoms with Gasteiger partial charge < -0.3 is 13.9 Å². The zero-order valence-corrected chi connectivity index (χ0v) is 10.9. The number of methoxy groups -OCH3 is 1. The molecule has 5 nitrogen and oxygen atoms in total. The van der Waals surface area contributed by atoms with Gasteiger partial charge in [-0.05, 0) is 19.1 Å². The number of aromatic nitrogens is 1. The van der Waals surface area contributed by atoms with Crippen molar-refractivity contribution in [3.05, 3.63) is 36.4 Å². The molecule has 0 N–H and O–H groups in total. The van der Waals surface area contributed by atoms with Crippen LogP contribution in [0, 0.1) is 0 Å². The van der Waals surface area contributed by atoms with E-state index in [0.29, 0.717) is 23.9 Å². The predicted octanol–water partition coefficient (Wildman–Crippen LogP) is 2.46. The third kappa shape index (κ3) is 3.13. The van der Waals surface area contributed by atoms with Crippen LogP contribution in [0.5, 0.6) is 5.75 Å². The lowest BCUT2D eigenvalue weighted by molar-refractivity contribution is -0.142. The Kier molecular flexibility index (Phi) is 4.18. The Labute approximate surface area is 111 Å². The smallest absolute Gasteiger partial charge is 0.315 e. The minimum atomic E-state index is -0.351. The Bertz CT molecular complexity index is 562. The number of esters is 1. The van der Waals surface area contributed by atoms with Crippen LogP contribution in [-0.2, 0) is 16.0 Å². The van der Waals surface area contributed by atoms with Gasteiger partial charge in [-0.15, -0.1) is 0 Å². The molecule has 2 aromatic rings. The molecule has 0 saturated heterocycles. The lowest BCUT2D eigenvalue weighted by atomic mass is 10.1. The molecular formula is C14H15NO4. The highest BCUT2D eigenvalue weighted by Crippen LogP contribution is 2.28. The quantitative estimate of drug-likeness (QED) is 0.774. The number of para-hydroxylation sites is 1. The molecule has 0 amide bonds. The van der Waals surface area contributed by atoms with Crippen molar-refractivity contribution in [2.75, 3.05) is 13.7 Å². The number of nitrogens with zero attached hydrogens (tertiary/aromatic N) is 1. The molecule has 0 aliphatic heterocycles. The zero-order valence-electron chi connectivity index (χ0n) is 10.9. The largest absolute Gasteiger partial charge is 0.496 e. The minimum Gasteiger partial charge on any atom is -0.496 e. The van der Waals surface area contributed by atoms with Gasteiger partial charge in [0.2, 0.25) is 5.89 Å². The Morgan fingerprint density at radius 1 is 1.37 bits per heavy atom. The van der Waals surface area contributed by atoms with Crippen LogP contribution in [0.15, 0.2) is 34.9 Å². The van der Waals surface area contributed by atoms with Gasteiger partial charge in [0, 0.05) is 5.56 Å². The Morgan fingerprint density at radius 2 is 2.16 bits per heavy atom. The van der Waals surface area contributed by atoms with E-state index in [1.807, 2.05) is 24.3 Å². The lowest BCUT2D eigenvalue weighted by Gasteiger charge is -2.04. The number of oxazole rings is 1. The van der Waals surface area contributed by atoms with E-state index in [0.717, 1.165) is 5.56 Å². The second-order valence-electron chi connectivity index (χ2n) is 3.81. The summed E-state index contributed by atoms with van der Waals surface area (Å²) in [6.07, 6.45) is 1.54. The van der Waals surface area contributed by atoms with Crippen LogP contribution >= 0.6 is 0 Å². The molecular weight excluding hydrogens is 246 g/mol. The lowest BCUT2D eigenvalue weighted by Crippen LogP contribution is -2.07. The van der Waals surface area contributed by atoms with Gasteiger partial charge >= 0.3 is 5.97 Å². The van der Waals surface area contributed by atoms with Crippen molar-refractivity contribution < 1.29 is 18.7 Å². The van der Waals surface area contributed by atoms with Crippen molar-refractivity contribution in [3.8, 4) is 17.0 Å². The van der Waals surface area contributed by atoms with Gasteiger partial charge in [-0.1, -0.05) is 12.1 Å². The van der Waals surface area contributed by atoms with Gasteiger partial charge in [0.15, 0.2) is 0 Å². The van der Waals surface area contributed by atoms with Gasteiger partial charge in [0.1, 0.15) is 24.1 Å². The first kappa shape index (κ1) is 13.1. The van der Waals surface area contributed by atoms with Gasteiger partial charge in [-0.3, -0.25) is 4.79 Å². The van der Waals surface area contributed by atoms with Crippen molar-refractivity contribution >= 4 is 5.97 Å². The molecule has 0 atom stereocenters. The number of carbonyl (C=O) groups is 1. The maximum Gasteiger partial charge on any atom is 0.315 e. The third-order valence-corrected chi connectivity index (χ3v) is 2.54. The van der Waals surface area contributed by atoms with Crippen LogP contribution in [-0.4, -0.2) is 24.7 Å². The van der Waals surface area contributed by atoms with E-state index >= 15 is 0 Å². The summed E-state index contributed by atoms with van der Waals surface area (Å²) in [4.78, 5) is 15.6. The normalized spacial score (nSPS) is 10.2. The summed E-state index contributed by atoms with van der Waals surface area (Å²) in [5, 5.41) is 0. The van der Waals surface area contributed by atoms with Gasteiger partial charge in [-0.25, -0.2) is 4.98 Å². The summed E-state index contributed by atoms with van der Waals surface area (Å²) in [6, 6.07) is 7.49. The Hall–Kier alpha value is -2.30. The summed E-state index contributed by atoms with van der Waals surface area (Å²) < 4.78 is 15.4. The van der Waals surface area contributed by atoms with Crippen LogP contribution in [0.3, 0.4) is 0 Å². The Balaban J connectivity index is 2.19. The molecule has 1 heterocycles. The number of hydrogen-bond acceptors (Lipinski definition) is 5. The minimum absolute atomic E-state index is 0.0307. The summed E-state index contributed by atoms with van der Waals surface area (Å²) >= 11 is 0. The summed E-state index contributed by atoms with van der Waals surface area (Å²) in [6.45, 7) is 2.10. The molecule has 1 aromatic heterocycles. The second kappa shape index (κ2) is 6.04. The monoisotopic (exact) mass is 261 g/mol. The fourth-order valence-corrected chi connectivity index (χ4v) is 1.71. The van der Waals surface area contributed by atoms with Crippen LogP contribution in [0.2, 0.25) is 0 Å². The molecule has 0 spiro atoms. The van der Waals surface area contributed by atoms with Crippen LogP contribution in [0.4, 0.5) is 0 Å². The molecule has 0 saturated carbocycles. The van der Waals surface area contributed by atoms with Crippen molar-refractivity contribution in [2.45, 2.75) is 13.3 Å². The van der Waals surface area contributed by atoms with E-state index in [2.05, 4.69) is 4.98 Å². The molecule has 5 heteroatoms.